The van der Waals surface area contributed by atoms with Crippen molar-refractivity contribution in [3.8, 4) is 0 Å². The predicted molar refractivity (Wildman–Crippen MR) is 42.0 cm³/mol. The first kappa shape index (κ1) is 8.70. The van der Waals surface area contributed by atoms with Gasteiger partial charge in [-0.2, -0.15) is 0 Å². The first-order chi connectivity index (χ1) is 4.31. The topological polar surface area (TPSA) is 26.0 Å². The van der Waals surface area contributed by atoms with Crippen molar-refractivity contribution < 1.29 is 0 Å². The van der Waals surface area contributed by atoms with E-state index in [-0.39, 0.29) is 6.04 Å². The van der Waals surface area contributed by atoms with Crippen LogP contribution in [0.2, 0.25) is 0 Å². The van der Waals surface area contributed by atoms with Crippen molar-refractivity contribution in [1.29, 1.82) is 0 Å². The molecule has 1 radical (unpaired) electrons. The highest BCUT2D eigenvalue weighted by molar-refractivity contribution is 4.93. The van der Waals surface area contributed by atoms with Gasteiger partial charge in [0, 0.05) is 6.04 Å². The van der Waals surface area contributed by atoms with E-state index in [1.54, 1.807) is 6.08 Å². The van der Waals surface area contributed by atoms with Gasteiger partial charge in [-0.3, -0.25) is 0 Å². The molecule has 0 rings (SSSR count). The van der Waals surface area contributed by atoms with Crippen molar-refractivity contribution in [1.82, 2.24) is 0 Å². The van der Waals surface area contributed by atoms with Crippen molar-refractivity contribution in [2.45, 2.75) is 32.2 Å². The van der Waals surface area contributed by atoms with E-state index in [1.165, 1.54) is 12.8 Å². The third-order valence-corrected chi connectivity index (χ3v) is 1.27. The van der Waals surface area contributed by atoms with Crippen molar-refractivity contribution in [3.63, 3.8) is 0 Å². The van der Waals surface area contributed by atoms with E-state index in [1.807, 2.05) is 0 Å². The Kier molecular flexibility index (Phi) is 5.64. The van der Waals surface area contributed by atoms with Crippen LogP contribution in [-0.2, 0) is 0 Å². The molecular formula is C8H16N. The molecule has 0 aromatic carbocycles. The lowest BCUT2D eigenvalue weighted by atomic mass is 10.1. The van der Waals surface area contributed by atoms with E-state index in [0.29, 0.717) is 0 Å². The lowest BCUT2D eigenvalue weighted by Gasteiger charge is -2.02. The Morgan fingerprint density at radius 2 is 2.33 bits per heavy atom. The molecule has 1 unspecified atom stereocenters. The van der Waals surface area contributed by atoms with Crippen LogP contribution in [0.5, 0.6) is 0 Å². The normalized spacial score (nSPS) is 13.1. The first-order valence-corrected chi connectivity index (χ1v) is 3.52. The summed E-state index contributed by atoms with van der Waals surface area (Å²) in [5.74, 6) is 0. The van der Waals surface area contributed by atoms with E-state index in [4.69, 9.17) is 5.73 Å². The van der Waals surface area contributed by atoms with Crippen LogP contribution in [-0.4, -0.2) is 6.04 Å². The number of nitrogens with two attached hydrogens (primary N) is 1. The number of hydrogen-bond acceptors (Lipinski definition) is 1. The number of unbranched alkanes of at least 4 members (excludes halogenated alkanes) is 2. The van der Waals surface area contributed by atoms with Crippen LogP contribution in [0.3, 0.4) is 0 Å². The molecule has 2 N–H and O–H groups in total. The van der Waals surface area contributed by atoms with Crippen molar-refractivity contribution >= 4 is 0 Å². The molecule has 1 nitrogen and oxygen atoms in total. The average Bonchev–Trinajstić information content (AvgIpc) is 1.89. The molecule has 0 bridgehead atoms. The van der Waals surface area contributed by atoms with E-state index in [2.05, 4.69) is 19.9 Å². The van der Waals surface area contributed by atoms with E-state index in [9.17, 15) is 0 Å². The van der Waals surface area contributed by atoms with Gasteiger partial charge in [0.1, 0.15) is 0 Å². The van der Waals surface area contributed by atoms with E-state index >= 15 is 0 Å². The zero-order valence-corrected chi connectivity index (χ0v) is 6.14. The van der Waals surface area contributed by atoms with Crippen LogP contribution in [0.15, 0.2) is 12.7 Å². The Labute approximate surface area is 57.9 Å². The molecule has 0 heterocycles. The van der Waals surface area contributed by atoms with Crippen LogP contribution in [0.25, 0.3) is 0 Å². The smallest absolute Gasteiger partial charge is 0.0253 e. The minimum absolute atomic E-state index is 0.0940. The van der Waals surface area contributed by atoms with Gasteiger partial charge < -0.3 is 5.73 Å². The van der Waals surface area contributed by atoms with Crippen molar-refractivity contribution in [2.75, 3.05) is 0 Å². The first-order valence-electron chi connectivity index (χ1n) is 3.52. The number of rotatable bonds is 5. The molecule has 1 atom stereocenters. The highest BCUT2D eigenvalue weighted by Crippen LogP contribution is 1.99. The van der Waals surface area contributed by atoms with Gasteiger partial charge in [-0.25, -0.2) is 0 Å². The van der Waals surface area contributed by atoms with Crippen LogP contribution in [0.4, 0.5) is 0 Å². The second kappa shape index (κ2) is 5.83. The summed E-state index contributed by atoms with van der Waals surface area (Å²) in [6, 6.07) is 0.0940. The maximum absolute atomic E-state index is 5.54. The summed E-state index contributed by atoms with van der Waals surface area (Å²) in [6.45, 7) is 5.76. The van der Waals surface area contributed by atoms with Gasteiger partial charge in [-0.15, -0.1) is 6.58 Å². The minimum Gasteiger partial charge on any atom is -0.324 e. The quantitative estimate of drug-likeness (QED) is 0.442. The van der Waals surface area contributed by atoms with Crippen LogP contribution < -0.4 is 5.73 Å². The van der Waals surface area contributed by atoms with Crippen molar-refractivity contribution in [3.05, 3.63) is 19.1 Å². The summed E-state index contributed by atoms with van der Waals surface area (Å²) in [4.78, 5) is 0. The molecule has 0 fully saturated rings. The Hall–Kier alpha value is -0.300. The maximum atomic E-state index is 5.54. The van der Waals surface area contributed by atoms with Gasteiger partial charge in [0.15, 0.2) is 0 Å². The fourth-order valence-electron chi connectivity index (χ4n) is 0.611. The number of hydrogen-bond donors (Lipinski definition) is 1. The second-order valence-corrected chi connectivity index (χ2v) is 2.19. The Balaban J connectivity index is 2.96. The van der Waals surface area contributed by atoms with Crippen LogP contribution >= 0.6 is 0 Å². The summed E-state index contributed by atoms with van der Waals surface area (Å²) in [5, 5.41) is 0. The Bertz CT molecular complexity index is 69.0. The summed E-state index contributed by atoms with van der Waals surface area (Å²) in [5.41, 5.74) is 5.54. The molecule has 9 heavy (non-hydrogen) atoms. The molecule has 0 aliphatic carbocycles. The average molecular weight is 126 g/mol. The SMILES string of the molecule is C=CC(N)[CH]CCCC. The van der Waals surface area contributed by atoms with Gasteiger partial charge in [-0.1, -0.05) is 25.8 Å². The zero-order valence-electron chi connectivity index (χ0n) is 6.14. The fourth-order valence-corrected chi connectivity index (χ4v) is 0.611. The summed E-state index contributed by atoms with van der Waals surface area (Å²) < 4.78 is 0. The molecule has 0 aromatic rings. The summed E-state index contributed by atoms with van der Waals surface area (Å²) in [7, 11) is 0. The van der Waals surface area contributed by atoms with Gasteiger partial charge in [0.2, 0.25) is 0 Å². The summed E-state index contributed by atoms with van der Waals surface area (Å²) in [6.07, 6.45) is 7.44. The molecule has 0 amide bonds. The minimum atomic E-state index is 0.0940. The lowest BCUT2D eigenvalue weighted by Crippen LogP contribution is -2.16. The molecule has 0 aliphatic heterocycles. The highest BCUT2D eigenvalue weighted by atomic mass is 14.6. The summed E-state index contributed by atoms with van der Waals surface area (Å²) >= 11 is 0. The molecule has 0 saturated heterocycles. The van der Waals surface area contributed by atoms with Gasteiger partial charge in [-0.05, 0) is 12.8 Å². The van der Waals surface area contributed by atoms with Gasteiger partial charge >= 0.3 is 0 Å². The molecule has 0 aromatic heterocycles. The van der Waals surface area contributed by atoms with E-state index in [0.717, 1.165) is 6.42 Å². The second-order valence-electron chi connectivity index (χ2n) is 2.19. The monoisotopic (exact) mass is 126 g/mol. The molecule has 1 heteroatoms. The molecule has 0 aliphatic rings. The molecule has 0 saturated carbocycles. The zero-order chi connectivity index (χ0) is 7.11. The molecule has 0 spiro atoms. The Morgan fingerprint density at radius 3 is 2.78 bits per heavy atom. The molecule has 53 valence electrons. The van der Waals surface area contributed by atoms with E-state index < -0.39 is 0 Å². The third kappa shape index (κ3) is 5.57. The predicted octanol–water partition coefficient (Wildman–Crippen LogP) is 1.89. The van der Waals surface area contributed by atoms with Gasteiger partial charge in [0.25, 0.3) is 0 Å². The highest BCUT2D eigenvalue weighted by Gasteiger charge is 1.93. The maximum Gasteiger partial charge on any atom is 0.0253 e. The fraction of sp³-hybridized carbons (Fsp3) is 0.625. The van der Waals surface area contributed by atoms with Crippen LogP contribution in [0.1, 0.15) is 26.2 Å². The third-order valence-electron chi connectivity index (χ3n) is 1.27. The van der Waals surface area contributed by atoms with Crippen molar-refractivity contribution in [2.24, 2.45) is 5.73 Å². The standard InChI is InChI=1S/C8H16N/c1-3-5-6-7-8(9)4-2/h4,7-8H,2-3,5-6,9H2,1H3. The Morgan fingerprint density at radius 1 is 1.67 bits per heavy atom. The lowest BCUT2D eigenvalue weighted by molar-refractivity contribution is 0.739. The molecular weight excluding hydrogens is 110 g/mol. The largest absolute Gasteiger partial charge is 0.324 e. The van der Waals surface area contributed by atoms with Crippen LogP contribution in [0, 0.1) is 6.42 Å². The van der Waals surface area contributed by atoms with Gasteiger partial charge in [0.05, 0.1) is 0 Å².